The van der Waals surface area contributed by atoms with E-state index in [2.05, 4.69) is 0 Å². The average Bonchev–Trinajstić information content (AvgIpc) is 2.95. The normalized spacial score (nSPS) is 10.8. The molecule has 4 heteroatoms. The molecule has 0 bridgehead atoms. The minimum atomic E-state index is -0.727. The van der Waals surface area contributed by atoms with Gasteiger partial charge in [-0.3, -0.25) is 0 Å². The molecule has 1 aromatic heterocycles. The highest BCUT2D eigenvalue weighted by atomic mass is 32.1. The van der Waals surface area contributed by atoms with Gasteiger partial charge in [-0.15, -0.1) is 11.3 Å². The maximum atomic E-state index is 13.5. The summed E-state index contributed by atoms with van der Waals surface area (Å²) in [5.74, 6) is -1.45. The lowest BCUT2D eigenvalue weighted by molar-refractivity contribution is 0.592. The van der Waals surface area contributed by atoms with Gasteiger partial charge in [0.2, 0.25) is 0 Å². The lowest BCUT2D eigenvalue weighted by Crippen LogP contribution is -1.95. The van der Waals surface area contributed by atoms with Crippen LogP contribution < -0.4 is 5.73 Å². The molecule has 3 aromatic rings. The summed E-state index contributed by atoms with van der Waals surface area (Å²) in [5.41, 5.74) is 7.64. The zero-order valence-corrected chi connectivity index (χ0v) is 12.2. The molecule has 2 aromatic carbocycles. The number of nitrogen functional groups attached to an aromatic ring is 1. The maximum Gasteiger partial charge on any atom is 0.149 e. The highest BCUT2D eigenvalue weighted by Crippen LogP contribution is 2.35. The average molecular weight is 301 g/mol. The first kappa shape index (κ1) is 13.8. The predicted molar refractivity (Wildman–Crippen MR) is 84.3 cm³/mol. The molecule has 0 amide bonds. The van der Waals surface area contributed by atoms with Crippen LogP contribution in [-0.4, -0.2) is 0 Å². The molecule has 0 spiro atoms. The summed E-state index contributed by atoms with van der Waals surface area (Å²) in [6, 6.07) is 14.5. The molecule has 0 aliphatic heterocycles. The zero-order chi connectivity index (χ0) is 15.0. The molecule has 0 unspecified atom stereocenters. The molecular weight excluding hydrogens is 288 g/mol. The minimum Gasteiger partial charge on any atom is -0.394 e. The molecule has 2 N–H and O–H groups in total. The van der Waals surface area contributed by atoms with E-state index < -0.39 is 17.3 Å². The standard InChI is InChI=1S/C17H13F2NS/c1-10-2-4-11(5-3-10)15-6-7-16(21-15)12-8-13(18)17(20)14(19)9-12/h2-9H,20H2,1H3. The fourth-order valence-electron chi connectivity index (χ4n) is 2.09. The Labute approximate surface area is 125 Å². The van der Waals surface area contributed by atoms with Gasteiger partial charge in [0.15, 0.2) is 0 Å². The molecule has 0 radical (unpaired) electrons. The van der Waals surface area contributed by atoms with Gasteiger partial charge in [-0.1, -0.05) is 29.8 Å². The van der Waals surface area contributed by atoms with Crippen LogP contribution in [0.25, 0.3) is 20.9 Å². The van der Waals surface area contributed by atoms with Crippen molar-refractivity contribution in [1.29, 1.82) is 0 Å². The van der Waals surface area contributed by atoms with Gasteiger partial charge < -0.3 is 5.73 Å². The van der Waals surface area contributed by atoms with E-state index in [0.29, 0.717) is 5.56 Å². The Morgan fingerprint density at radius 3 is 1.90 bits per heavy atom. The van der Waals surface area contributed by atoms with E-state index in [0.717, 1.165) is 15.3 Å². The number of nitrogens with two attached hydrogens (primary N) is 1. The summed E-state index contributed by atoms with van der Waals surface area (Å²) in [6.07, 6.45) is 0. The molecule has 0 saturated carbocycles. The van der Waals surface area contributed by atoms with Crippen molar-refractivity contribution in [1.82, 2.24) is 0 Å². The van der Waals surface area contributed by atoms with Crippen molar-refractivity contribution in [3.05, 3.63) is 65.7 Å². The van der Waals surface area contributed by atoms with Crippen LogP contribution >= 0.6 is 11.3 Å². The highest BCUT2D eigenvalue weighted by Gasteiger charge is 2.11. The maximum absolute atomic E-state index is 13.5. The predicted octanol–water partition coefficient (Wildman–Crippen LogP) is 5.25. The van der Waals surface area contributed by atoms with Gasteiger partial charge >= 0.3 is 0 Å². The second kappa shape index (κ2) is 5.30. The molecule has 106 valence electrons. The van der Waals surface area contributed by atoms with Gasteiger partial charge in [0.1, 0.15) is 17.3 Å². The third-order valence-corrected chi connectivity index (χ3v) is 4.49. The summed E-state index contributed by atoms with van der Waals surface area (Å²) in [6.45, 7) is 2.03. The monoisotopic (exact) mass is 301 g/mol. The number of aryl methyl sites for hydroxylation is 1. The lowest BCUT2D eigenvalue weighted by atomic mass is 10.1. The van der Waals surface area contributed by atoms with Crippen LogP contribution in [0.2, 0.25) is 0 Å². The molecule has 0 fully saturated rings. The first-order chi connectivity index (χ1) is 10.0. The highest BCUT2D eigenvalue weighted by molar-refractivity contribution is 7.18. The van der Waals surface area contributed by atoms with Gasteiger partial charge in [-0.05, 0) is 42.3 Å². The Bertz CT molecular complexity index is 768. The Morgan fingerprint density at radius 2 is 1.33 bits per heavy atom. The van der Waals surface area contributed by atoms with Crippen molar-refractivity contribution in [3.63, 3.8) is 0 Å². The summed E-state index contributed by atoms with van der Waals surface area (Å²) < 4.78 is 27.1. The van der Waals surface area contributed by atoms with Crippen molar-refractivity contribution in [2.45, 2.75) is 6.92 Å². The summed E-state index contributed by atoms with van der Waals surface area (Å²) in [5, 5.41) is 0. The van der Waals surface area contributed by atoms with Crippen molar-refractivity contribution in [2.24, 2.45) is 0 Å². The number of anilines is 1. The molecule has 21 heavy (non-hydrogen) atoms. The fourth-order valence-corrected chi connectivity index (χ4v) is 3.09. The fraction of sp³-hybridized carbons (Fsp3) is 0.0588. The van der Waals surface area contributed by atoms with Crippen molar-refractivity contribution in [2.75, 3.05) is 5.73 Å². The van der Waals surface area contributed by atoms with Crippen LogP contribution in [-0.2, 0) is 0 Å². The number of hydrogen-bond acceptors (Lipinski definition) is 2. The van der Waals surface area contributed by atoms with Crippen LogP contribution in [0.1, 0.15) is 5.56 Å². The number of rotatable bonds is 2. The van der Waals surface area contributed by atoms with Crippen LogP contribution in [0, 0.1) is 18.6 Å². The summed E-state index contributed by atoms with van der Waals surface area (Å²) >= 11 is 1.49. The van der Waals surface area contributed by atoms with Gasteiger partial charge in [0.25, 0.3) is 0 Å². The Hall–Kier alpha value is -2.20. The quantitative estimate of drug-likeness (QED) is 0.643. The minimum absolute atomic E-state index is 0.436. The largest absolute Gasteiger partial charge is 0.394 e. The van der Waals surface area contributed by atoms with E-state index >= 15 is 0 Å². The second-order valence-corrected chi connectivity index (χ2v) is 5.97. The lowest BCUT2D eigenvalue weighted by Gasteiger charge is -2.03. The zero-order valence-electron chi connectivity index (χ0n) is 11.4. The first-order valence-electron chi connectivity index (χ1n) is 6.46. The third kappa shape index (κ3) is 2.67. The van der Waals surface area contributed by atoms with Crippen molar-refractivity contribution < 1.29 is 8.78 Å². The molecule has 3 rings (SSSR count). The smallest absolute Gasteiger partial charge is 0.149 e. The van der Waals surface area contributed by atoms with Gasteiger partial charge in [-0.25, -0.2) is 8.78 Å². The second-order valence-electron chi connectivity index (χ2n) is 4.88. The first-order valence-corrected chi connectivity index (χ1v) is 7.28. The third-order valence-electron chi connectivity index (χ3n) is 3.31. The molecule has 1 nitrogen and oxygen atoms in total. The van der Waals surface area contributed by atoms with Gasteiger partial charge in [0.05, 0.1) is 0 Å². The SMILES string of the molecule is Cc1ccc(-c2ccc(-c3cc(F)c(N)c(F)c3)s2)cc1. The van der Waals surface area contributed by atoms with Crippen LogP contribution in [0.3, 0.4) is 0 Å². The van der Waals surface area contributed by atoms with E-state index in [9.17, 15) is 8.78 Å². The van der Waals surface area contributed by atoms with Crippen molar-refractivity contribution in [3.8, 4) is 20.9 Å². The van der Waals surface area contributed by atoms with E-state index in [-0.39, 0.29) is 0 Å². The van der Waals surface area contributed by atoms with Crippen LogP contribution in [0.5, 0.6) is 0 Å². The summed E-state index contributed by atoms with van der Waals surface area (Å²) in [4.78, 5) is 1.87. The van der Waals surface area contributed by atoms with E-state index in [4.69, 9.17) is 5.73 Å². The topological polar surface area (TPSA) is 26.0 Å². The molecule has 0 saturated heterocycles. The van der Waals surface area contributed by atoms with Crippen molar-refractivity contribution >= 4 is 17.0 Å². The van der Waals surface area contributed by atoms with E-state index in [1.807, 2.05) is 43.3 Å². The molecule has 0 aliphatic rings. The molecule has 0 atom stereocenters. The molecular formula is C17H13F2NS. The van der Waals surface area contributed by atoms with Crippen LogP contribution in [0.15, 0.2) is 48.5 Å². The number of benzene rings is 2. The Balaban J connectivity index is 2.00. The molecule has 1 heterocycles. The number of thiophene rings is 1. The number of hydrogen-bond donors (Lipinski definition) is 1. The van der Waals surface area contributed by atoms with Gasteiger partial charge in [-0.2, -0.15) is 0 Å². The number of halogens is 2. The van der Waals surface area contributed by atoms with Gasteiger partial charge in [0, 0.05) is 9.75 Å². The van der Waals surface area contributed by atoms with Crippen LogP contribution in [0.4, 0.5) is 14.5 Å². The summed E-state index contributed by atoms with van der Waals surface area (Å²) in [7, 11) is 0. The van der Waals surface area contributed by atoms with E-state index in [1.165, 1.54) is 29.0 Å². The molecule has 0 aliphatic carbocycles. The van der Waals surface area contributed by atoms with E-state index in [1.54, 1.807) is 0 Å². The Morgan fingerprint density at radius 1 is 0.810 bits per heavy atom. The Kier molecular flexibility index (Phi) is 3.47.